The number of amides is 2. The van der Waals surface area contributed by atoms with E-state index in [-0.39, 0.29) is 12.8 Å². The molecule has 2 atom stereocenters. The summed E-state index contributed by atoms with van der Waals surface area (Å²) in [6.07, 6.45) is -0.413. The second kappa shape index (κ2) is 10.4. The van der Waals surface area contributed by atoms with E-state index >= 15 is 0 Å². The highest BCUT2D eigenvalue weighted by Gasteiger charge is 2.28. The van der Waals surface area contributed by atoms with Crippen LogP contribution < -0.4 is 10.6 Å². The van der Waals surface area contributed by atoms with Crippen LogP contribution in [-0.2, 0) is 27.2 Å². The third-order valence-electron chi connectivity index (χ3n) is 4.19. The van der Waals surface area contributed by atoms with Crippen LogP contribution in [0.15, 0.2) is 60.7 Å². The van der Waals surface area contributed by atoms with Crippen LogP contribution in [0.25, 0.3) is 0 Å². The van der Waals surface area contributed by atoms with Crippen molar-refractivity contribution in [3.05, 3.63) is 71.8 Å². The van der Waals surface area contributed by atoms with Crippen molar-refractivity contribution in [2.75, 3.05) is 0 Å². The Bertz CT molecular complexity index is 847. The molecule has 0 unspecified atom stereocenters. The zero-order valence-corrected chi connectivity index (χ0v) is 17.4. The molecule has 0 aliphatic rings. The van der Waals surface area contributed by atoms with Gasteiger partial charge in [0.1, 0.15) is 17.7 Å². The van der Waals surface area contributed by atoms with Gasteiger partial charge < -0.3 is 20.5 Å². The van der Waals surface area contributed by atoms with E-state index in [0.29, 0.717) is 0 Å². The van der Waals surface area contributed by atoms with E-state index in [1.54, 1.807) is 45.0 Å². The van der Waals surface area contributed by atoms with Crippen molar-refractivity contribution in [1.29, 1.82) is 0 Å². The molecule has 0 saturated carbocycles. The lowest BCUT2D eigenvalue weighted by molar-refractivity contribution is -0.142. The molecule has 0 saturated heterocycles. The number of hydrogen-bond donors (Lipinski definition) is 3. The normalized spacial score (nSPS) is 13.0. The van der Waals surface area contributed by atoms with E-state index < -0.39 is 35.7 Å². The summed E-state index contributed by atoms with van der Waals surface area (Å²) >= 11 is 0. The van der Waals surface area contributed by atoms with Gasteiger partial charge in [-0.1, -0.05) is 60.7 Å². The molecular formula is C23H28N2O5. The van der Waals surface area contributed by atoms with E-state index in [0.717, 1.165) is 11.1 Å². The van der Waals surface area contributed by atoms with Crippen LogP contribution in [0.5, 0.6) is 0 Å². The number of carboxylic acid groups (broad SMARTS) is 1. The lowest BCUT2D eigenvalue weighted by atomic mass is 10.0. The highest BCUT2D eigenvalue weighted by Crippen LogP contribution is 2.10. The van der Waals surface area contributed by atoms with Gasteiger partial charge in [-0.15, -0.1) is 0 Å². The summed E-state index contributed by atoms with van der Waals surface area (Å²) in [5.41, 5.74) is 0.878. The number of carbonyl (C=O) groups excluding carboxylic acids is 2. The van der Waals surface area contributed by atoms with E-state index in [4.69, 9.17) is 4.74 Å². The van der Waals surface area contributed by atoms with Crippen LogP contribution in [0.4, 0.5) is 4.79 Å². The summed E-state index contributed by atoms with van der Waals surface area (Å²) in [6, 6.07) is 16.1. The standard InChI is InChI=1S/C23H28N2O5/c1-23(2,3)30-22(29)25-18(14-16-10-6-4-7-11-16)20(26)24-19(21(27)28)15-17-12-8-5-9-13-17/h4-13,18-19H,14-15H2,1-3H3,(H,24,26)(H,25,29)(H,27,28)/t18-,19-/m1/s1. The van der Waals surface area contributed by atoms with Gasteiger partial charge in [0, 0.05) is 12.8 Å². The Morgan fingerprint density at radius 3 is 1.73 bits per heavy atom. The minimum absolute atomic E-state index is 0.131. The Morgan fingerprint density at radius 1 is 0.833 bits per heavy atom. The first-order valence-corrected chi connectivity index (χ1v) is 9.74. The van der Waals surface area contributed by atoms with Gasteiger partial charge in [0.25, 0.3) is 0 Å². The first kappa shape index (κ1) is 22.9. The summed E-state index contributed by atoms with van der Waals surface area (Å²) in [5, 5.41) is 14.7. The maximum atomic E-state index is 12.9. The van der Waals surface area contributed by atoms with Crippen LogP contribution in [-0.4, -0.2) is 40.8 Å². The number of benzene rings is 2. The molecule has 2 amide bonds. The van der Waals surface area contributed by atoms with Crippen molar-refractivity contribution < 1.29 is 24.2 Å². The van der Waals surface area contributed by atoms with Crippen LogP contribution in [0.3, 0.4) is 0 Å². The van der Waals surface area contributed by atoms with Crippen LogP contribution in [0.1, 0.15) is 31.9 Å². The monoisotopic (exact) mass is 412 g/mol. The molecule has 0 aliphatic heterocycles. The van der Waals surface area contributed by atoms with E-state index in [9.17, 15) is 19.5 Å². The molecule has 0 fully saturated rings. The molecule has 2 rings (SSSR count). The molecule has 30 heavy (non-hydrogen) atoms. The summed E-state index contributed by atoms with van der Waals surface area (Å²) < 4.78 is 5.26. The quantitative estimate of drug-likeness (QED) is 0.618. The molecule has 0 heterocycles. The van der Waals surface area contributed by atoms with Crippen molar-refractivity contribution in [2.45, 2.75) is 51.3 Å². The van der Waals surface area contributed by atoms with Crippen molar-refractivity contribution in [2.24, 2.45) is 0 Å². The summed E-state index contributed by atoms with van der Waals surface area (Å²) in [4.78, 5) is 36.9. The number of nitrogens with one attached hydrogen (secondary N) is 2. The fourth-order valence-electron chi connectivity index (χ4n) is 2.83. The average Bonchev–Trinajstić information content (AvgIpc) is 2.67. The van der Waals surface area contributed by atoms with Gasteiger partial charge in [0.2, 0.25) is 5.91 Å². The topological polar surface area (TPSA) is 105 Å². The lowest BCUT2D eigenvalue weighted by Crippen LogP contribution is -2.53. The first-order valence-electron chi connectivity index (χ1n) is 9.74. The zero-order valence-electron chi connectivity index (χ0n) is 17.4. The molecule has 0 aromatic heterocycles. The molecule has 2 aromatic carbocycles. The minimum Gasteiger partial charge on any atom is -0.480 e. The van der Waals surface area contributed by atoms with Crippen molar-refractivity contribution >= 4 is 18.0 Å². The van der Waals surface area contributed by atoms with Crippen molar-refractivity contribution in [1.82, 2.24) is 10.6 Å². The molecule has 3 N–H and O–H groups in total. The fraction of sp³-hybridized carbons (Fsp3) is 0.348. The smallest absolute Gasteiger partial charge is 0.408 e. The maximum absolute atomic E-state index is 12.9. The van der Waals surface area contributed by atoms with E-state index in [1.807, 2.05) is 36.4 Å². The van der Waals surface area contributed by atoms with Gasteiger partial charge in [-0.3, -0.25) is 4.79 Å². The van der Waals surface area contributed by atoms with Gasteiger partial charge in [-0.2, -0.15) is 0 Å². The number of carboxylic acids is 1. The molecule has 7 heteroatoms. The Balaban J connectivity index is 2.14. The third kappa shape index (κ3) is 7.95. The number of alkyl carbamates (subject to hydrolysis) is 1. The summed E-state index contributed by atoms with van der Waals surface area (Å²) in [7, 11) is 0. The third-order valence-corrected chi connectivity index (χ3v) is 4.19. The van der Waals surface area contributed by atoms with Crippen molar-refractivity contribution in [3.63, 3.8) is 0 Å². The molecule has 0 radical (unpaired) electrons. The van der Waals surface area contributed by atoms with Gasteiger partial charge in [-0.05, 0) is 31.9 Å². The fourth-order valence-corrected chi connectivity index (χ4v) is 2.83. The Hall–Kier alpha value is -3.35. The largest absolute Gasteiger partial charge is 0.480 e. The number of carbonyl (C=O) groups is 3. The second-order valence-electron chi connectivity index (χ2n) is 7.98. The molecule has 2 aromatic rings. The number of ether oxygens (including phenoxy) is 1. The van der Waals surface area contributed by atoms with Crippen molar-refractivity contribution in [3.8, 4) is 0 Å². The zero-order chi connectivity index (χ0) is 22.1. The maximum Gasteiger partial charge on any atom is 0.408 e. The Labute approximate surface area is 176 Å². The molecular weight excluding hydrogens is 384 g/mol. The highest BCUT2D eigenvalue weighted by molar-refractivity contribution is 5.89. The predicted octanol–water partition coefficient (Wildman–Crippen LogP) is 2.93. The average molecular weight is 412 g/mol. The van der Waals surface area contributed by atoms with Gasteiger partial charge in [-0.25, -0.2) is 9.59 Å². The Kier molecular flexibility index (Phi) is 7.98. The number of aliphatic carboxylic acids is 1. The van der Waals surface area contributed by atoms with E-state index in [2.05, 4.69) is 10.6 Å². The molecule has 0 bridgehead atoms. The van der Waals surface area contributed by atoms with Gasteiger partial charge >= 0.3 is 12.1 Å². The highest BCUT2D eigenvalue weighted by atomic mass is 16.6. The first-order chi connectivity index (χ1) is 14.1. The van der Waals surface area contributed by atoms with Gasteiger partial charge in [0.05, 0.1) is 0 Å². The minimum atomic E-state index is -1.15. The summed E-state index contributed by atoms with van der Waals surface area (Å²) in [6.45, 7) is 5.16. The lowest BCUT2D eigenvalue weighted by Gasteiger charge is -2.24. The van der Waals surface area contributed by atoms with Crippen LogP contribution in [0, 0.1) is 0 Å². The molecule has 160 valence electrons. The predicted molar refractivity (Wildman–Crippen MR) is 113 cm³/mol. The molecule has 0 aliphatic carbocycles. The number of rotatable bonds is 8. The van der Waals surface area contributed by atoms with E-state index in [1.165, 1.54) is 0 Å². The number of hydrogen-bond acceptors (Lipinski definition) is 4. The Morgan fingerprint density at radius 2 is 1.30 bits per heavy atom. The van der Waals surface area contributed by atoms with Crippen LogP contribution >= 0.6 is 0 Å². The second-order valence-corrected chi connectivity index (χ2v) is 7.98. The molecule has 0 spiro atoms. The summed E-state index contributed by atoms with van der Waals surface area (Å²) in [5.74, 6) is -1.74. The SMILES string of the molecule is CC(C)(C)OC(=O)N[C@H](Cc1ccccc1)C(=O)N[C@H](Cc1ccccc1)C(=O)O. The molecule has 7 nitrogen and oxygen atoms in total. The van der Waals surface area contributed by atoms with Crippen LogP contribution in [0.2, 0.25) is 0 Å². The van der Waals surface area contributed by atoms with Gasteiger partial charge in [0.15, 0.2) is 0 Å².